The van der Waals surface area contributed by atoms with Crippen LogP contribution in [0.1, 0.15) is 59.5 Å². The average Bonchev–Trinajstić information content (AvgIpc) is 2.70. The molecule has 0 radical (unpaired) electrons. The highest BCUT2D eigenvalue weighted by Gasteiger charge is 2.29. The monoisotopic (exact) mass is 278 g/mol. The maximum Gasteiger partial charge on any atom is 0.257 e. The molecule has 1 aliphatic rings. The van der Waals surface area contributed by atoms with Gasteiger partial charge in [0.25, 0.3) is 5.91 Å². The lowest BCUT2D eigenvalue weighted by molar-refractivity contribution is 0.0639. The standard InChI is InChI=1S/C16H26N2O2/c1-11-12(2)20-13(3)15(11)16(19)18(10-9-17)14-7-5-4-6-8-14/h14H,4-10,17H2,1-3H3. The second-order valence-electron chi connectivity index (χ2n) is 5.79. The maximum absolute atomic E-state index is 12.9. The lowest BCUT2D eigenvalue weighted by atomic mass is 9.93. The first-order valence-electron chi connectivity index (χ1n) is 7.64. The van der Waals surface area contributed by atoms with Gasteiger partial charge in [0.15, 0.2) is 0 Å². The van der Waals surface area contributed by atoms with Crippen molar-refractivity contribution < 1.29 is 9.21 Å². The van der Waals surface area contributed by atoms with E-state index in [1.54, 1.807) is 0 Å². The summed E-state index contributed by atoms with van der Waals surface area (Å²) >= 11 is 0. The summed E-state index contributed by atoms with van der Waals surface area (Å²) < 4.78 is 5.60. The van der Waals surface area contributed by atoms with Crippen LogP contribution in [-0.2, 0) is 0 Å². The number of amides is 1. The first-order valence-corrected chi connectivity index (χ1v) is 7.64. The van der Waals surface area contributed by atoms with E-state index < -0.39 is 0 Å². The van der Waals surface area contributed by atoms with E-state index in [0.29, 0.717) is 19.1 Å². The van der Waals surface area contributed by atoms with Crippen LogP contribution in [0.3, 0.4) is 0 Å². The summed E-state index contributed by atoms with van der Waals surface area (Å²) in [6, 6.07) is 0.341. The Morgan fingerprint density at radius 1 is 1.20 bits per heavy atom. The summed E-state index contributed by atoms with van der Waals surface area (Å²) in [7, 11) is 0. The first kappa shape index (κ1) is 15.1. The minimum absolute atomic E-state index is 0.0919. The molecule has 0 saturated heterocycles. The molecule has 0 atom stereocenters. The fourth-order valence-corrected chi connectivity index (χ4v) is 3.23. The third-order valence-corrected chi connectivity index (χ3v) is 4.42. The van der Waals surface area contributed by atoms with Crippen LogP contribution in [0, 0.1) is 20.8 Å². The Bertz CT molecular complexity index is 473. The summed E-state index contributed by atoms with van der Waals surface area (Å²) in [4.78, 5) is 14.9. The molecular weight excluding hydrogens is 252 g/mol. The van der Waals surface area contributed by atoms with Gasteiger partial charge in [-0.3, -0.25) is 4.79 Å². The molecule has 0 unspecified atom stereocenters. The third-order valence-electron chi connectivity index (χ3n) is 4.42. The van der Waals surface area contributed by atoms with E-state index >= 15 is 0 Å². The number of nitrogens with two attached hydrogens (primary N) is 1. The van der Waals surface area contributed by atoms with E-state index in [4.69, 9.17) is 10.2 Å². The van der Waals surface area contributed by atoms with E-state index in [0.717, 1.165) is 35.5 Å². The van der Waals surface area contributed by atoms with E-state index in [2.05, 4.69) is 0 Å². The molecule has 1 aliphatic carbocycles. The van der Waals surface area contributed by atoms with Gasteiger partial charge in [0.05, 0.1) is 5.56 Å². The minimum atomic E-state index is 0.0919. The number of carbonyl (C=O) groups is 1. The van der Waals surface area contributed by atoms with Crippen LogP contribution >= 0.6 is 0 Å². The molecule has 1 aromatic rings. The third kappa shape index (κ3) is 2.90. The number of hydrogen-bond donors (Lipinski definition) is 1. The minimum Gasteiger partial charge on any atom is -0.466 e. The zero-order valence-corrected chi connectivity index (χ0v) is 12.9. The number of nitrogens with zero attached hydrogens (tertiary/aromatic N) is 1. The van der Waals surface area contributed by atoms with Gasteiger partial charge < -0.3 is 15.1 Å². The van der Waals surface area contributed by atoms with Crippen molar-refractivity contribution in [3.05, 3.63) is 22.6 Å². The van der Waals surface area contributed by atoms with E-state index in [1.807, 2.05) is 25.7 Å². The molecule has 0 spiro atoms. The Hall–Kier alpha value is -1.29. The van der Waals surface area contributed by atoms with Gasteiger partial charge in [-0.15, -0.1) is 0 Å². The number of aryl methyl sites for hydroxylation is 2. The normalized spacial score (nSPS) is 16.4. The molecule has 1 aromatic heterocycles. The molecule has 2 rings (SSSR count). The van der Waals surface area contributed by atoms with E-state index in [-0.39, 0.29) is 5.91 Å². The molecule has 0 aromatic carbocycles. The van der Waals surface area contributed by atoms with Crippen LogP contribution in [0.25, 0.3) is 0 Å². The Morgan fingerprint density at radius 3 is 2.35 bits per heavy atom. The quantitative estimate of drug-likeness (QED) is 0.921. The Balaban J connectivity index is 2.26. The van der Waals surface area contributed by atoms with Crippen molar-refractivity contribution >= 4 is 5.91 Å². The highest BCUT2D eigenvalue weighted by atomic mass is 16.3. The lowest BCUT2D eigenvalue weighted by Gasteiger charge is -2.34. The highest BCUT2D eigenvalue weighted by Crippen LogP contribution is 2.27. The van der Waals surface area contributed by atoms with Crippen LogP contribution < -0.4 is 5.73 Å². The van der Waals surface area contributed by atoms with E-state index in [9.17, 15) is 4.79 Å². The smallest absolute Gasteiger partial charge is 0.257 e. The predicted molar refractivity (Wildman–Crippen MR) is 79.9 cm³/mol. The topological polar surface area (TPSA) is 59.5 Å². The fraction of sp³-hybridized carbons (Fsp3) is 0.688. The SMILES string of the molecule is Cc1oc(C)c(C(=O)N(CCN)C2CCCCC2)c1C. The second kappa shape index (κ2) is 6.44. The molecule has 1 amide bonds. The zero-order valence-electron chi connectivity index (χ0n) is 12.9. The van der Waals surface area contributed by atoms with Crippen LogP contribution in [0.15, 0.2) is 4.42 Å². The van der Waals surface area contributed by atoms with Crippen molar-refractivity contribution in [3.63, 3.8) is 0 Å². The maximum atomic E-state index is 12.9. The first-order chi connectivity index (χ1) is 9.56. The lowest BCUT2D eigenvalue weighted by Crippen LogP contribution is -2.44. The van der Waals surface area contributed by atoms with Crippen molar-refractivity contribution in [2.24, 2.45) is 5.73 Å². The van der Waals surface area contributed by atoms with Gasteiger partial charge in [-0.25, -0.2) is 0 Å². The van der Waals surface area contributed by atoms with Crippen molar-refractivity contribution in [3.8, 4) is 0 Å². The molecule has 1 fully saturated rings. The van der Waals surface area contributed by atoms with Crippen LogP contribution in [0.2, 0.25) is 0 Å². The summed E-state index contributed by atoms with van der Waals surface area (Å²) in [5, 5.41) is 0. The van der Waals surface area contributed by atoms with Gasteiger partial charge in [0, 0.05) is 24.7 Å². The van der Waals surface area contributed by atoms with Crippen molar-refractivity contribution in [2.45, 2.75) is 58.9 Å². The Labute approximate surface area is 121 Å². The van der Waals surface area contributed by atoms with Crippen molar-refractivity contribution in [2.75, 3.05) is 13.1 Å². The van der Waals surface area contributed by atoms with Crippen LogP contribution in [-0.4, -0.2) is 29.9 Å². The average molecular weight is 278 g/mol. The Morgan fingerprint density at radius 2 is 1.85 bits per heavy atom. The molecule has 0 bridgehead atoms. The number of carbonyl (C=O) groups excluding carboxylic acids is 1. The predicted octanol–water partition coefficient (Wildman–Crippen LogP) is 2.94. The zero-order chi connectivity index (χ0) is 14.7. The van der Waals surface area contributed by atoms with Gasteiger partial charge >= 0.3 is 0 Å². The molecule has 0 aliphatic heterocycles. The number of furan rings is 1. The fourth-order valence-electron chi connectivity index (χ4n) is 3.23. The molecule has 4 heteroatoms. The van der Waals surface area contributed by atoms with Crippen LogP contribution in [0.5, 0.6) is 0 Å². The summed E-state index contributed by atoms with van der Waals surface area (Å²) in [6.07, 6.45) is 5.90. The largest absolute Gasteiger partial charge is 0.466 e. The molecule has 20 heavy (non-hydrogen) atoms. The Kier molecular flexibility index (Phi) is 4.86. The second-order valence-corrected chi connectivity index (χ2v) is 5.79. The van der Waals surface area contributed by atoms with Crippen LogP contribution in [0.4, 0.5) is 0 Å². The van der Waals surface area contributed by atoms with E-state index in [1.165, 1.54) is 19.3 Å². The molecular formula is C16H26N2O2. The van der Waals surface area contributed by atoms with Gasteiger partial charge in [-0.05, 0) is 33.6 Å². The van der Waals surface area contributed by atoms with Gasteiger partial charge in [-0.2, -0.15) is 0 Å². The van der Waals surface area contributed by atoms with Gasteiger partial charge in [0.2, 0.25) is 0 Å². The van der Waals surface area contributed by atoms with Crippen molar-refractivity contribution in [1.82, 2.24) is 4.90 Å². The van der Waals surface area contributed by atoms with Gasteiger partial charge in [-0.1, -0.05) is 19.3 Å². The van der Waals surface area contributed by atoms with Gasteiger partial charge in [0.1, 0.15) is 11.5 Å². The number of rotatable bonds is 4. The summed E-state index contributed by atoms with van der Waals surface area (Å²) in [6.45, 7) is 6.88. The molecule has 1 heterocycles. The highest BCUT2D eigenvalue weighted by molar-refractivity contribution is 5.97. The molecule has 1 saturated carbocycles. The number of hydrogen-bond acceptors (Lipinski definition) is 3. The summed E-state index contributed by atoms with van der Waals surface area (Å²) in [5.74, 6) is 1.65. The molecule has 2 N–H and O–H groups in total. The van der Waals surface area contributed by atoms with Crippen molar-refractivity contribution in [1.29, 1.82) is 0 Å². The molecule has 112 valence electrons. The summed E-state index contributed by atoms with van der Waals surface area (Å²) in [5.41, 5.74) is 7.42. The molecule has 4 nitrogen and oxygen atoms in total.